The van der Waals surface area contributed by atoms with E-state index in [2.05, 4.69) is 5.32 Å². The Kier molecular flexibility index (Phi) is 8.95. The number of carbonyl (C=O) groups excluding carboxylic acids is 2. The SMILES string of the molecule is NS(=O)(=O)c1ccc(NC(=O)CCCN2C(=O)/C(=C/c3cccc(OCc4ccccc4)c3)SC2=S)cc1. The molecule has 1 aliphatic rings. The van der Waals surface area contributed by atoms with Crippen molar-refractivity contribution in [2.24, 2.45) is 5.14 Å². The van der Waals surface area contributed by atoms with Crippen LogP contribution in [-0.2, 0) is 26.2 Å². The van der Waals surface area contributed by atoms with Gasteiger partial charge in [0, 0.05) is 18.7 Å². The van der Waals surface area contributed by atoms with Gasteiger partial charge in [0.05, 0.1) is 9.80 Å². The van der Waals surface area contributed by atoms with Gasteiger partial charge in [0.2, 0.25) is 15.9 Å². The highest BCUT2D eigenvalue weighted by Crippen LogP contribution is 2.33. The highest BCUT2D eigenvalue weighted by molar-refractivity contribution is 8.26. The second kappa shape index (κ2) is 12.4. The Balaban J connectivity index is 1.29. The van der Waals surface area contributed by atoms with Crippen LogP contribution in [0.15, 0.2) is 88.7 Å². The molecule has 1 fully saturated rings. The van der Waals surface area contributed by atoms with E-state index in [4.69, 9.17) is 22.1 Å². The number of hydrogen-bond donors (Lipinski definition) is 2. The highest BCUT2D eigenvalue weighted by Gasteiger charge is 2.31. The number of nitrogens with one attached hydrogen (secondary N) is 1. The van der Waals surface area contributed by atoms with Crippen LogP contribution in [0.2, 0.25) is 0 Å². The van der Waals surface area contributed by atoms with Crippen molar-refractivity contribution in [3.05, 3.63) is 94.9 Å². The van der Waals surface area contributed by atoms with Crippen molar-refractivity contribution in [1.29, 1.82) is 0 Å². The van der Waals surface area contributed by atoms with E-state index in [0.29, 0.717) is 40.2 Å². The summed E-state index contributed by atoms with van der Waals surface area (Å²) < 4.78 is 29.0. The summed E-state index contributed by atoms with van der Waals surface area (Å²) in [6, 6.07) is 22.9. The summed E-state index contributed by atoms with van der Waals surface area (Å²) in [7, 11) is -3.80. The summed E-state index contributed by atoms with van der Waals surface area (Å²) in [4.78, 5) is 27.2. The molecule has 0 spiro atoms. The number of primary sulfonamides is 1. The molecule has 1 heterocycles. The van der Waals surface area contributed by atoms with Crippen LogP contribution in [0.25, 0.3) is 6.08 Å². The number of anilines is 1. The Morgan fingerprint density at radius 2 is 1.79 bits per heavy atom. The summed E-state index contributed by atoms with van der Waals surface area (Å²) in [6.07, 6.45) is 2.35. The molecule has 4 rings (SSSR count). The molecule has 38 heavy (non-hydrogen) atoms. The summed E-state index contributed by atoms with van der Waals surface area (Å²) in [6.45, 7) is 0.751. The molecule has 3 aromatic rings. The fourth-order valence-corrected chi connectivity index (χ4v) is 5.45. The van der Waals surface area contributed by atoms with E-state index in [-0.39, 0.29) is 23.1 Å². The quantitative estimate of drug-likeness (QED) is 0.273. The lowest BCUT2D eigenvalue weighted by Gasteiger charge is -2.14. The van der Waals surface area contributed by atoms with E-state index in [9.17, 15) is 18.0 Å². The molecule has 3 N–H and O–H groups in total. The van der Waals surface area contributed by atoms with Crippen molar-refractivity contribution in [3.63, 3.8) is 0 Å². The first kappa shape index (κ1) is 27.5. The first-order valence-electron chi connectivity index (χ1n) is 11.6. The Morgan fingerprint density at radius 3 is 2.50 bits per heavy atom. The number of thiocarbonyl (C=S) groups is 1. The van der Waals surface area contributed by atoms with Gasteiger partial charge in [0.25, 0.3) is 5.91 Å². The molecular formula is C27H25N3O5S3. The van der Waals surface area contributed by atoms with Gasteiger partial charge >= 0.3 is 0 Å². The number of thioether (sulfide) groups is 1. The predicted molar refractivity (Wildman–Crippen MR) is 153 cm³/mol. The first-order chi connectivity index (χ1) is 18.2. The van der Waals surface area contributed by atoms with Crippen LogP contribution in [-0.4, -0.2) is 36.0 Å². The smallest absolute Gasteiger partial charge is 0.266 e. The lowest BCUT2D eigenvalue weighted by Crippen LogP contribution is -2.29. The third-order valence-corrected chi connectivity index (χ3v) is 7.84. The van der Waals surface area contributed by atoms with E-state index in [1.54, 1.807) is 6.08 Å². The van der Waals surface area contributed by atoms with Gasteiger partial charge in [-0.1, -0.05) is 66.4 Å². The minimum atomic E-state index is -3.80. The third-order valence-electron chi connectivity index (χ3n) is 5.53. The lowest BCUT2D eigenvalue weighted by molar-refractivity contribution is -0.122. The number of rotatable bonds is 10. The number of sulfonamides is 1. The van der Waals surface area contributed by atoms with Gasteiger partial charge in [-0.15, -0.1) is 0 Å². The number of nitrogens with zero attached hydrogens (tertiary/aromatic N) is 1. The molecule has 0 aliphatic carbocycles. The van der Waals surface area contributed by atoms with Gasteiger partial charge in [-0.3, -0.25) is 14.5 Å². The molecule has 3 aromatic carbocycles. The second-order valence-corrected chi connectivity index (χ2v) is 11.6. The molecule has 11 heteroatoms. The van der Waals surface area contributed by atoms with Gasteiger partial charge < -0.3 is 10.1 Å². The Bertz CT molecular complexity index is 1470. The average molecular weight is 568 g/mol. The zero-order valence-corrected chi connectivity index (χ0v) is 22.7. The Morgan fingerprint density at radius 1 is 1.05 bits per heavy atom. The molecule has 0 aromatic heterocycles. The zero-order chi connectivity index (χ0) is 27.1. The number of amides is 2. The number of ether oxygens (including phenoxy) is 1. The summed E-state index contributed by atoms with van der Waals surface area (Å²) in [5.74, 6) is 0.236. The van der Waals surface area contributed by atoms with Gasteiger partial charge in [-0.25, -0.2) is 13.6 Å². The Labute approximate surface area is 230 Å². The normalized spacial score (nSPS) is 14.7. The second-order valence-electron chi connectivity index (χ2n) is 8.40. The molecule has 0 bridgehead atoms. The van der Waals surface area contributed by atoms with Crippen molar-refractivity contribution in [3.8, 4) is 5.75 Å². The summed E-state index contributed by atoms with van der Waals surface area (Å²) >= 11 is 6.63. The maximum atomic E-state index is 13.0. The van der Waals surface area contributed by atoms with Crippen LogP contribution in [0.3, 0.4) is 0 Å². The number of carbonyl (C=O) groups is 2. The number of nitrogens with two attached hydrogens (primary N) is 1. The molecule has 2 amide bonds. The summed E-state index contributed by atoms with van der Waals surface area (Å²) in [5, 5.41) is 7.78. The van der Waals surface area contributed by atoms with Crippen LogP contribution in [0, 0.1) is 0 Å². The van der Waals surface area contributed by atoms with Crippen molar-refractivity contribution >= 4 is 61.9 Å². The molecule has 0 unspecified atom stereocenters. The molecule has 196 valence electrons. The van der Waals surface area contributed by atoms with E-state index < -0.39 is 10.0 Å². The average Bonchev–Trinajstić information content (AvgIpc) is 3.15. The van der Waals surface area contributed by atoms with E-state index in [0.717, 1.165) is 11.1 Å². The topological polar surface area (TPSA) is 119 Å². The van der Waals surface area contributed by atoms with Gasteiger partial charge in [-0.05, 0) is 60.0 Å². The first-order valence-corrected chi connectivity index (χ1v) is 14.4. The molecule has 8 nitrogen and oxygen atoms in total. The van der Waals surface area contributed by atoms with Crippen LogP contribution in [0.4, 0.5) is 5.69 Å². The third kappa shape index (κ3) is 7.51. The van der Waals surface area contributed by atoms with Crippen LogP contribution in [0.5, 0.6) is 5.75 Å². The minimum Gasteiger partial charge on any atom is -0.489 e. The fourth-order valence-electron chi connectivity index (χ4n) is 3.63. The minimum absolute atomic E-state index is 0.0376. The van der Waals surface area contributed by atoms with Crippen LogP contribution in [0.1, 0.15) is 24.0 Å². The fraction of sp³-hybridized carbons (Fsp3) is 0.148. The number of benzene rings is 3. The maximum Gasteiger partial charge on any atom is 0.266 e. The highest BCUT2D eigenvalue weighted by atomic mass is 32.2. The molecule has 0 radical (unpaired) electrons. The molecule has 0 saturated carbocycles. The lowest BCUT2D eigenvalue weighted by atomic mass is 10.2. The molecule has 1 aliphatic heterocycles. The van der Waals surface area contributed by atoms with Crippen molar-refractivity contribution in [2.45, 2.75) is 24.3 Å². The molecular weight excluding hydrogens is 543 g/mol. The van der Waals surface area contributed by atoms with E-state index >= 15 is 0 Å². The van der Waals surface area contributed by atoms with Crippen LogP contribution < -0.4 is 15.2 Å². The van der Waals surface area contributed by atoms with E-state index in [1.807, 2.05) is 54.6 Å². The van der Waals surface area contributed by atoms with Crippen molar-refractivity contribution < 1.29 is 22.7 Å². The van der Waals surface area contributed by atoms with Gasteiger partial charge in [0.1, 0.15) is 16.7 Å². The largest absolute Gasteiger partial charge is 0.489 e. The standard InChI is InChI=1S/C27H25N3O5S3/c28-38(33,34)23-13-11-21(12-14-23)29-25(31)10-5-15-30-26(32)24(37-27(30)36)17-20-8-4-9-22(16-20)35-18-19-6-2-1-3-7-19/h1-4,6-9,11-14,16-17H,5,10,15,18H2,(H,29,31)(H2,28,33,34)/b24-17-. The van der Waals surface area contributed by atoms with Crippen molar-refractivity contribution in [1.82, 2.24) is 4.90 Å². The van der Waals surface area contributed by atoms with E-state index in [1.165, 1.54) is 40.9 Å². The summed E-state index contributed by atoms with van der Waals surface area (Å²) in [5.41, 5.74) is 2.34. The predicted octanol–water partition coefficient (Wildman–Crippen LogP) is 4.53. The molecule has 0 atom stereocenters. The van der Waals surface area contributed by atoms with Crippen LogP contribution >= 0.6 is 24.0 Å². The zero-order valence-electron chi connectivity index (χ0n) is 20.2. The maximum absolute atomic E-state index is 13.0. The number of hydrogen-bond acceptors (Lipinski definition) is 7. The van der Waals surface area contributed by atoms with Gasteiger partial charge in [-0.2, -0.15) is 0 Å². The Hall–Kier alpha value is -3.51. The van der Waals surface area contributed by atoms with Crippen molar-refractivity contribution in [2.75, 3.05) is 11.9 Å². The molecule has 1 saturated heterocycles. The van der Waals surface area contributed by atoms with Gasteiger partial charge in [0.15, 0.2) is 0 Å². The monoisotopic (exact) mass is 567 g/mol.